The standard InChI is InChI=1S/C14H14N4O/c1-2-15-6-11-5-10(7-16-13(1)11)12-8-17-18-3-4-19-9-14(12)18/h5-8H,1-4,9H2. The van der Waals surface area contributed by atoms with Gasteiger partial charge in [0.1, 0.15) is 0 Å². The average molecular weight is 254 g/mol. The van der Waals surface area contributed by atoms with Crippen molar-refractivity contribution in [2.24, 2.45) is 4.99 Å². The van der Waals surface area contributed by atoms with E-state index in [9.17, 15) is 0 Å². The highest BCUT2D eigenvalue weighted by atomic mass is 16.5. The minimum atomic E-state index is 0.626. The zero-order valence-corrected chi connectivity index (χ0v) is 10.5. The Balaban J connectivity index is 1.81. The van der Waals surface area contributed by atoms with Crippen LogP contribution < -0.4 is 0 Å². The number of nitrogens with zero attached hydrogens (tertiary/aromatic N) is 4. The molecule has 4 heterocycles. The molecular formula is C14H14N4O. The van der Waals surface area contributed by atoms with Gasteiger partial charge in [-0.05, 0) is 6.07 Å². The monoisotopic (exact) mass is 254 g/mol. The summed E-state index contributed by atoms with van der Waals surface area (Å²) in [6.45, 7) is 3.04. The summed E-state index contributed by atoms with van der Waals surface area (Å²) in [5.41, 5.74) is 5.62. The minimum absolute atomic E-state index is 0.626. The van der Waals surface area contributed by atoms with Gasteiger partial charge in [0.05, 0.1) is 37.3 Å². The van der Waals surface area contributed by atoms with E-state index < -0.39 is 0 Å². The maximum atomic E-state index is 5.52. The molecule has 96 valence electrons. The van der Waals surface area contributed by atoms with Crippen molar-refractivity contribution in [2.75, 3.05) is 13.2 Å². The van der Waals surface area contributed by atoms with Gasteiger partial charge in [0, 0.05) is 42.1 Å². The van der Waals surface area contributed by atoms with Crippen LogP contribution in [0.2, 0.25) is 0 Å². The lowest BCUT2D eigenvalue weighted by molar-refractivity contribution is 0.0804. The Bertz CT molecular complexity index is 659. The van der Waals surface area contributed by atoms with E-state index in [0.29, 0.717) is 6.61 Å². The topological polar surface area (TPSA) is 52.3 Å². The van der Waals surface area contributed by atoms with Crippen molar-refractivity contribution in [3.05, 3.63) is 35.4 Å². The highest BCUT2D eigenvalue weighted by Crippen LogP contribution is 2.27. The summed E-state index contributed by atoms with van der Waals surface area (Å²) >= 11 is 0. The van der Waals surface area contributed by atoms with E-state index in [4.69, 9.17) is 4.74 Å². The van der Waals surface area contributed by atoms with Crippen molar-refractivity contribution >= 4 is 6.21 Å². The lowest BCUT2D eigenvalue weighted by Crippen LogP contribution is -2.17. The summed E-state index contributed by atoms with van der Waals surface area (Å²) in [7, 11) is 0. The van der Waals surface area contributed by atoms with E-state index in [-0.39, 0.29) is 0 Å². The van der Waals surface area contributed by atoms with Crippen molar-refractivity contribution in [1.82, 2.24) is 14.8 Å². The Morgan fingerprint density at radius 1 is 1.26 bits per heavy atom. The number of rotatable bonds is 1. The Labute approximate surface area is 111 Å². The quantitative estimate of drug-likeness (QED) is 0.774. The molecule has 0 N–H and O–H groups in total. The molecule has 0 atom stereocenters. The summed E-state index contributed by atoms with van der Waals surface area (Å²) in [5.74, 6) is 0. The fourth-order valence-electron chi connectivity index (χ4n) is 2.63. The first-order valence-electron chi connectivity index (χ1n) is 6.53. The third-order valence-electron chi connectivity index (χ3n) is 3.66. The lowest BCUT2D eigenvalue weighted by Gasteiger charge is -2.16. The van der Waals surface area contributed by atoms with Crippen LogP contribution in [0.1, 0.15) is 17.0 Å². The molecule has 4 rings (SSSR count). The molecule has 0 aromatic carbocycles. The van der Waals surface area contributed by atoms with Crippen molar-refractivity contribution in [3.8, 4) is 11.1 Å². The summed E-state index contributed by atoms with van der Waals surface area (Å²) in [4.78, 5) is 8.87. The number of fused-ring (bicyclic) bond motifs is 2. The van der Waals surface area contributed by atoms with E-state index in [2.05, 4.69) is 21.1 Å². The molecule has 19 heavy (non-hydrogen) atoms. The second kappa shape index (κ2) is 4.28. The first-order valence-corrected chi connectivity index (χ1v) is 6.53. The molecule has 0 aliphatic carbocycles. The van der Waals surface area contributed by atoms with E-state index >= 15 is 0 Å². The molecule has 0 amide bonds. The molecule has 0 fully saturated rings. The van der Waals surface area contributed by atoms with Crippen LogP contribution in [0.3, 0.4) is 0 Å². The van der Waals surface area contributed by atoms with Crippen LogP contribution in [0, 0.1) is 0 Å². The Kier molecular flexibility index (Phi) is 2.45. The van der Waals surface area contributed by atoms with Gasteiger partial charge >= 0.3 is 0 Å². The highest BCUT2D eigenvalue weighted by Gasteiger charge is 2.17. The number of ether oxygens (including phenoxy) is 1. The Morgan fingerprint density at radius 2 is 2.26 bits per heavy atom. The number of pyridine rings is 1. The third-order valence-corrected chi connectivity index (χ3v) is 3.66. The van der Waals surface area contributed by atoms with Gasteiger partial charge < -0.3 is 4.74 Å². The first kappa shape index (κ1) is 10.9. The highest BCUT2D eigenvalue weighted by molar-refractivity contribution is 5.84. The van der Waals surface area contributed by atoms with Gasteiger partial charge in [0.25, 0.3) is 0 Å². The molecule has 0 saturated carbocycles. The van der Waals surface area contributed by atoms with Crippen LogP contribution in [0.25, 0.3) is 11.1 Å². The van der Waals surface area contributed by atoms with Gasteiger partial charge in [-0.15, -0.1) is 0 Å². The molecule has 5 heteroatoms. The van der Waals surface area contributed by atoms with Gasteiger partial charge in [0.2, 0.25) is 0 Å². The molecule has 0 unspecified atom stereocenters. The number of hydrogen-bond acceptors (Lipinski definition) is 4. The molecule has 0 bridgehead atoms. The zero-order chi connectivity index (χ0) is 12.7. The van der Waals surface area contributed by atoms with Gasteiger partial charge in [0.15, 0.2) is 0 Å². The van der Waals surface area contributed by atoms with Gasteiger partial charge in [-0.2, -0.15) is 5.10 Å². The fraction of sp³-hybridized carbons (Fsp3) is 0.357. The van der Waals surface area contributed by atoms with Crippen LogP contribution in [0.15, 0.2) is 23.5 Å². The predicted octanol–water partition coefficient (Wildman–Crippen LogP) is 1.45. The molecule has 0 spiro atoms. The molecule has 2 aliphatic heterocycles. The predicted molar refractivity (Wildman–Crippen MR) is 71.3 cm³/mol. The fourth-order valence-corrected chi connectivity index (χ4v) is 2.63. The molecular weight excluding hydrogens is 240 g/mol. The number of aromatic nitrogens is 3. The van der Waals surface area contributed by atoms with Crippen LogP contribution in [0.4, 0.5) is 0 Å². The summed E-state index contributed by atoms with van der Waals surface area (Å²) in [6, 6.07) is 2.15. The van der Waals surface area contributed by atoms with Crippen molar-refractivity contribution in [1.29, 1.82) is 0 Å². The molecule has 5 nitrogen and oxygen atoms in total. The molecule has 2 aliphatic rings. The van der Waals surface area contributed by atoms with Crippen LogP contribution in [-0.2, 0) is 24.3 Å². The summed E-state index contributed by atoms with van der Waals surface area (Å²) in [5, 5.41) is 4.42. The SMILES string of the molecule is C1=NCCc2ncc(-c3cnn4c3COCC4)cc21. The van der Waals surface area contributed by atoms with E-state index in [1.165, 1.54) is 0 Å². The normalized spacial score (nSPS) is 17.1. The van der Waals surface area contributed by atoms with Crippen LogP contribution in [-0.4, -0.2) is 34.1 Å². The summed E-state index contributed by atoms with van der Waals surface area (Å²) < 4.78 is 7.54. The van der Waals surface area contributed by atoms with Crippen molar-refractivity contribution in [2.45, 2.75) is 19.6 Å². The maximum absolute atomic E-state index is 5.52. The van der Waals surface area contributed by atoms with Crippen molar-refractivity contribution in [3.63, 3.8) is 0 Å². The average Bonchev–Trinajstić information content (AvgIpc) is 2.91. The van der Waals surface area contributed by atoms with Gasteiger partial charge in [-0.1, -0.05) is 0 Å². The third kappa shape index (κ3) is 1.77. The number of aliphatic imine (C=N–C) groups is 1. The van der Waals surface area contributed by atoms with Crippen LogP contribution in [0.5, 0.6) is 0 Å². The van der Waals surface area contributed by atoms with Gasteiger partial charge in [-0.3, -0.25) is 14.7 Å². The first-order chi connectivity index (χ1) is 9.42. The molecule has 2 aromatic rings. The van der Waals surface area contributed by atoms with Gasteiger partial charge in [-0.25, -0.2) is 0 Å². The smallest absolute Gasteiger partial charge is 0.0892 e. The molecule has 2 aromatic heterocycles. The second-order valence-corrected chi connectivity index (χ2v) is 4.83. The van der Waals surface area contributed by atoms with E-state index in [1.54, 1.807) is 0 Å². The Hall–Kier alpha value is -2.01. The summed E-state index contributed by atoms with van der Waals surface area (Å²) in [6.07, 6.45) is 6.70. The molecule has 0 radical (unpaired) electrons. The van der Waals surface area contributed by atoms with E-state index in [1.807, 2.05) is 23.3 Å². The minimum Gasteiger partial charge on any atom is -0.373 e. The maximum Gasteiger partial charge on any atom is 0.0892 e. The molecule has 0 saturated heterocycles. The van der Waals surface area contributed by atoms with E-state index in [0.717, 1.165) is 54.2 Å². The largest absolute Gasteiger partial charge is 0.373 e. The lowest BCUT2D eigenvalue weighted by atomic mass is 10.0. The van der Waals surface area contributed by atoms with Crippen molar-refractivity contribution < 1.29 is 4.74 Å². The van der Waals surface area contributed by atoms with Crippen LogP contribution >= 0.6 is 0 Å². The second-order valence-electron chi connectivity index (χ2n) is 4.83. The number of hydrogen-bond donors (Lipinski definition) is 0. The zero-order valence-electron chi connectivity index (χ0n) is 10.5. The Morgan fingerprint density at radius 3 is 3.26 bits per heavy atom.